The number of anilines is 2. The van der Waals surface area contributed by atoms with Crippen molar-refractivity contribution in [1.82, 2.24) is 35.4 Å². The highest BCUT2D eigenvalue weighted by Crippen LogP contribution is 2.47. The zero-order chi connectivity index (χ0) is 40.1. The first kappa shape index (κ1) is 37.6. The molecule has 5 aliphatic rings. The highest BCUT2D eigenvalue weighted by molar-refractivity contribution is 6.14. The van der Waals surface area contributed by atoms with Crippen LogP contribution in [0.4, 0.5) is 11.4 Å². The summed E-state index contributed by atoms with van der Waals surface area (Å²) in [6, 6.07) is 12.2. The van der Waals surface area contributed by atoms with E-state index in [0.29, 0.717) is 23.2 Å². The molecule has 1 aromatic carbocycles. The number of rotatable bonds is 8. The molecular formula is C43H47N9O6. The summed E-state index contributed by atoms with van der Waals surface area (Å²) in [5, 5.41) is 5.46. The quantitative estimate of drug-likeness (QED) is 0.224. The van der Waals surface area contributed by atoms with Crippen LogP contribution in [0.2, 0.25) is 0 Å². The molecule has 0 radical (unpaired) electrons. The van der Waals surface area contributed by atoms with Crippen LogP contribution in [0.25, 0.3) is 11.0 Å². The van der Waals surface area contributed by atoms with Crippen LogP contribution in [-0.2, 0) is 33.8 Å². The number of benzene rings is 1. The van der Waals surface area contributed by atoms with E-state index in [0.717, 1.165) is 110 Å². The Morgan fingerprint density at radius 1 is 0.914 bits per heavy atom. The summed E-state index contributed by atoms with van der Waals surface area (Å²) in [6.07, 6.45) is 8.23. The van der Waals surface area contributed by atoms with Gasteiger partial charge >= 0.3 is 0 Å². The van der Waals surface area contributed by atoms with E-state index < -0.39 is 29.7 Å². The van der Waals surface area contributed by atoms with Crippen LogP contribution < -0.4 is 26.0 Å². The largest absolute Gasteiger partial charge is 0.370 e. The fourth-order valence-electron chi connectivity index (χ4n) is 9.51. The Labute approximate surface area is 335 Å². The number of imide groups is 2. The number of piperidine rings is 1. The zero-order valence-electron chi connectivity index (χ0n) is 32.6. The molecule has 3 aromatic heterocycles. The smallest absolute Gasteiger partial charge is 0.270 e. The molecule has 0 bridgehead atoms. The number of aromatic amines is 1. The molecule has 9 rings (SSSR count). The topological polar surface area (TPSA) is 181 Å². The van der Waals surface area contributed by atoms with Crippen LogP contribution in [-0.4, -0.2) is 106 Å². The summed E-state index contributed by atoms with van der Waals surface area (Å²) >= 11 is 0. The van der Waals surface area contributed by atoms with Gasteiger partial charge in [0.05, 0.1) is 29.3 Å². The number of aromatic nitrogens is 3. The van der Waals surface area contributed by atoms with Crippen molar-refractivity contribution in [2.45, 2.75) is 76.9 Å². The molecule has 1 saturated carbocycles. The third kappa shape index (κ3) is 7.12. The molecule has 3 saturated heterocycles. The molecule has 15 heteroatoms. The van der Waals surface area contributed by atoms with E-state index in [1.807, 2.05) is 43.5 Å². The van der Waals surface area contributed by atoms with Crippen molar-refractivity contribution < 1.29 is 24.0 Å². The maximum atomic E-state index is 13.5. The predicted octanol–water partition coefficient (Wildman–Crippen LogP) is 2.71. The van der Waals surface area contributed by atoms with Gasteiger partial charge in [-0.2, -0.15) is 0 Å². The van der Waals surface area contributed by atoms with E-state index in [-0.39, 0.29) is 42.2 Å². The number of H-pyrrole nitrogens is 1. The van der Waals surface area contributed by atoms with E-state index in [1.165, 1.54) is 0 Å². The molecule has 1 aliphatic carbocycles. The Bertz CT molecular complexity index is 2370. The number of piperazine rings is 1. The first-order chi connectivity index (χ1) is 28.1. The average molecular weight is 786 g/mol. The minimum absolute atomic E-state index is 0.0222. The second kappa shape index (κ2) is 15.1. The van der Waals surface area contributed by atoms with Crippen molar-refractivity contribution in [3.05, 3.63) is 93.2 Å². The minimum atomic E-state index is -0.975. The van der Waals surface area contributed by atoms with Gasteiger partial charge in [-0.05, 0) is 86.1 Å². The summed E-state index contributed by atoms with van der Waals surface area (Å²) in [7, 11) is 0. The number of aryl methyl sites for hydroxylation is 1. The third-order valence-electron chi connectivity index (χ3n) is 12.8. The van der Waals surface area contributed by atoms with Gasteiger partial charge in [0.1, 0.15) is 11.7 Å². The summed E-state index contributed by atoms with van der Waals surface area (Å²) in [5.74, 6) is -2.08. The lowest BCUT2D eigenvalue weighted by Crippen LogP contribution is -2.60. The zero-order valence-corrected chi connectivity index (χ0v) is 32.6. The Hall–Kier alpha value is -5.96. The molecule has 3 N–H and O–H groups in total. The average Bonchev–Trinajstić information content (AvgIpc) is 3.21. The number of fused-ring (bicyclic) bond motifs is 2. The first-order valence-corrected chi connectivity index (χ1v) is 20.4. The number of carbonyl (C=O) groups is 5. The number of carbonyl (C=O) groups excluding carboxylic acids is 5. The van der Waals surface area contributed by atoms with Crippen molar-refractivity contribution in [3.63, 3.8) is 0 Å². The van der Waals surface area contributed by atoms with Crippen LogP contribution in [0.15, 0.2) is 59.7 Å². The molecule has 1 unspecified atom stereocenters. The van der Waals surface area contributed by atoms with Crippen molar-refractivity contribution in [1.29, 1.82) is 0 Å². The lowest BCUT2D eigenvalue weighted by Gasteiger charge is -2.55. The van der Waals surface area contributed by atoms with E-state index in [4.69, 9.17) is 0 Å². The number of nitrogens with zero attached hydrogens (tertiary/aromatic N) is 6. The third-order valence-corrected chi connectivity index (χ3v) is 12.8. The fourth-order valence-corrected chi connectivity index (χ4v) is 9.51. The molecule has 5 amide bonds. The second-order valence-electron chi connectivity index (χ2n) is 16.5. The molecule has 300 valence electrons. The van der Waals surface area contributed by atoms with Crippen LogP contribution in [0.5, 0.6) is 0 Å². The molecule has 15 nitrogen and oxygen atoms in total. The normalized spacial score (nSPS) is 21.3. The van der Waals surface area contributed by atoms with Crippen molar-refractivity contribution in [2.75, 3.05) is 49.1 Å². The number of pyridine rings is 3. The predicted molar refractivity (Wildman–Crippen MR) is 215 cm³/mol. The van der Waals surface area contributed by atoms with Gasteiger partial charge in [0, 0.05) is 86.7 Å². The Morgan fingerprint density at radius 2 is 1.71 bits per heavy atom. The lowest BCUT2D eigenvalue weighted by atomic mass is 9.67. The Balaban J connectivity index is 0.740. The van der Waals surface area contributed by atoms with Gasteiger partial charge in [0.15, 0.2) is 0 Å². The Morgan fingerprint density at radius 3 is 2.43 bits per heavy atom. The summed E-state index contributed by atoms with van der Waals surface area (Å²) < 4.78 is 0. The monoisotopic (exact) mass is 785 g/mol. The fraction of sp³-hybridized carbons (Fsp3) is 0.442. The second-order valence-corrected chi connectivity index (χ2v) is 16.5. The van der Waals surface area contributed by atoms with Gasteiger partial charge in [0.25, 0.3) is 17.4 Å². The van der Waals surface area contributed by atoms with Crippen molar-refractivity contribution in [3.8, 4) is 0 Å². The van der Waals surface area contributed by atoms with Crippen LogP contribution >= 0.6 is 0 Å². The van der Waals surface area contributed by atoms with Gasteiger partial charge in [-0.3, -0.25) is 48.9 Å². The van der Waals surface area contributed by atoms with Crippen LogP contribution in [0, 0.1) is 5.41 Å². The van der Waals surface area contributed by atoms with Crippen molar-refractivity contribution in [2.24, 2.45) is 5.41 Å². The van der Waals surface area contributed by atoms with E-state index in [2.05, 4.69) is 40.3 Å². The number of amides is 5. The van der Waals surface area contributed by atoms with Gasteiger partial charge in [-0.15, -0.1) is 0 Å². The maximum Gasteiger partial charge on any atom is 0.270 e. The lowest BCUT2D eigenvalue weighted by molar-refractivity contribution is -0.143. The molecule has 4 aromatic rings. The first-order valence-electron chi connectivity index (χ1n) is 20.4. The number of hydrogen-bond donors (Lipinski definition) is 3. The van der Waals surface area contributed by atoms with E-state index in [9.17, 15) is 28.8 Å². The SMILES string of the molecule is CCc1cc2ncc(CN3CCN(c4ccc(C(=O)NC5CCC6(CC5)CN(c5cccc7c5CC(=O)N(C5CCC(=O)NC5=O)C7=O)C6)nc4)CC3)cc2[nH]c1=O. The maximum absolute atomic E-state index is 13.5. The summed E-state index contributed by atoms with van der Waals surface area (Å²) in [6.45, 7) is 7.73. The van der Waals surface area contributed by atoms with E-state index >= 15 is 0 Å². The molecule has 58 heavy (non-hydrogen) atoms. The van der Waals surface area contributed by atoms with Crippen LogP contribution in [0.3, 0.4) is 0 Å². The molecule has 1 spiro atoms. The van der Waals surface area contributed by atoms with Gasteiger partial charge < -0.3 is 20.1 Å². The van der Waals surface area contributed by atoms with Crippen molar-refractivity contribution >= 4 is 51.9 Å². The molecule has 4 fully saturated rings. The summed E-state index contributed by atoms with van der Waals surface area (Å²) in [5.41, 5.74) is 6.81. The molecule has 7 heterocycles. The standard InChI is InChI=1S/C43H47N9O6/c1-2-27-19-33-34(47-39(27)55)18-26(21-44-33)23-49-14-16-50(17-15-49)29-6-7-32(45-22-29)40(56)46-28-10-12-43(13-11-28)24-51(25-43)35-5-3-4-30-31(35)20-38(54)52(42(30)58)36-8-9-37(53)48-41(36)57/h3-7,18-19,21-22,28,36H,2,8-17,20,23-25H2,1H3,(H,46,56)(H,47,55)(H,48,53,57). The van der Waals surface area contributed by atoms with Gasteiger partial charge in [-0.1, -0.05) is 13.0 Å². The molecular weight excluding hydrogens is 739 g/mol. The minimum Gasteiger partial charge on any atom is -0.370 e. The van der Waals surface area contributed by atoms with E-state index in [1.54, 1.807) is 18.3 Å². The summed E-state index contributed by atoms with van der Waals surface area (Å²) in [4.78, 5) is 96.5. The van der Waals surface area contributed by atoms with Crippen LogP contribution in [0.1, 0.15) is 83.0 Å². The molecule has 4 aliphatic heterocycles. The van der Waals surface area contributed by atoms with Gasteiger partial charge in [0.2, 0.25) is 17.7 Å². The Kier molecular flexibility index (Phi) is 9.78. The number of nitrogens with one attached hydrogen (secondary N) is 3. The highest BCUT2D eigenvalue weighted by atomic mass is 16.2. The molecule has 1 atom stereocenters. The van der Waals surface area contributed by atoms with Gasteiger partial charge in [-0.25, -0.2) is 4.98 Å². The number of hydrogen-bond acceptors (Lipinski definition) is 11. The highest BCUT2D eigenvalue weighted by Gasteiger charge is 2.48.